The molecule has 0 N–H and O–H groups in total. The second kappa shape index (κ2) is 6.72. The van der Waals surface area contributed by atoms with Crippen molar-refractivity contribution in [2.75, 3.05) is 6.54 Å². The molecule has 1 saturated carbocycles. The maximum absolute atomic E-state index is 13.2. The molecule has 1 saturated heterocycles. The number of nitrogens with zero attached hydrogens (tertiary/aromatic N) is 1. The van der Waals surface area contributed by atoms with Crippen LogP contribution >= 0.6 is 0 Å². The van der Waals surface area contributed by atoms with E-state index in [-0.39, 0.29) is 22.4 Å². The molecule has 1 aromatic carbocycles. The Hall–Kier alpha value is -2.56. The van der Waals surface area contributed by atoms with E-state index in [2.05, 4.69) is 25.7 Å². The van der Waals surface area contributed by atoms with Crippen molar-refractivity contribution in [1.29, 1.82) is 0 Å². The number of likely N-dealkylation sites (tertiary alicyclic amines) is 1. The predicted octanol–water partition coefficient (Wildman–Crippen LogP) is 5.52. The van der Waals surface area contributed by atoms with Crippen molar-refractivity contribution in [2.24, 2.45) is 10.8 Å². The number of hydrogen-bond acceptors (Lipinski definition) is 4. The topological polar surface area (TPSA) is 63.7 Å². The molecular formula is C26H31NO4. The van der Waals surface area contributed by atoms with Gasteiger partial charge in [0.2, 0.25) is 5.91 Å². The van der Waals surface area contributed by atoms with Crippen molar-refractivity contribution < 1.29 is 13.6 Å². The van der Waals surface area contributed by atoms with Crippen molar-refractivity contribution in [1.82, 2.24) is 4.90 Å². The van der Waals surface area contributed by atoms with Gasteiger partial charge in [0.05, 0.1) is 6.26 Å². The summed E-state index contributed by atoms with van der Waals surface area (Å²) < 4.78 is 11.2. The minimum atomic E-state index is -0.353. The van der Waals surface area contributed by atoms with Gasteiger partial charge in [-0.15, -0.1) is 0 Å². The van der Waals surface area contributed by atoms with Crippen molar-refractivity contribution in [3.05, 3.63) is 45.5 Å². The zero-order chi connectivity index (χ0) is 22.1. The number of fused-ring (bicyclic) bond motifs is 4. The van der Waals surface area contributed by atoms with Crippen LogP contribution in [0.4, 0.5) is 0 Å². The van der Waals surface area contributed by atoms with Crippen LogP contribution in [0.5, 0.6) is 0 Å². The van der Waals surface area contributed by atoms with E-state index < -0.39 is 0 Å². The number of amides is 1. The van der Waals surface area contributed by atoms with Crippen LogP contribution in [0.25, 0.3) is 21.9 Å². The van der Waals surface area contributed by atoms with E-state index in [9.17, 15) is 9.59 Å². The van der Waals surface area contributed by atoms with E-state index in [4.69, 9.17) is 8.83 Å². The van der Waals surface area contributed by atoms with Gasteiger partial charge in [-0.25, -0.2) is 4.79 Å². The molecule has 3 heterocycles. The Balaban J connectivity index is 1.41. The molecule has 5 rings (SSSR count). The normalized spacial score (nSPS) is 24.9. The van der Waals surface area contributed by atoms with E-state index in [1.54, 1.807) is 12.3 Å². The van der Waals surface area contributed by atoms with E-state index in [1.807, 2.05) is 19.9 Å². The molecular weight excluding hydrogens is 390 g/mol. The molecule has 0 spiro atoms. The van der Waals surface area contributed by atoms with Gasteiger partial charge in [-0.2, -0.15) is 0 Å². The Kier molecular flexibility index (Phi) is 4.41. The molecule has 5 heteroatoms. The first-order chi connectivity index (χ1) is 14.6. The lowest BCUT2D eigenvalue weighted by atomic mass is 9.65. The quantitative estimate of drug-likeness (QED) is 0.523. The smallest absolute Gasteiger partial charge is 0.339 e. The minimum absolute atomic E-state index is 0.159. The van der Waals surface area contributed by atoms with Gasteiger partial charge in [-0.1, -0.05) is 20.8 Å². The summed E-state index contributed by atoms with van der Waals surface area (Å²) >= 11 is 0. The van der Waals surface area contributed by atoms with Crippen LogP contribution in [0, 0.1) is 24.7 Å². The molecule has 2 atom stereocenters. The Bertz CT molecular complexity index is 1260. The molecule has 3 aromatic rings. The molecule has 1 aliphatic heterocycles. The zero-order valence-corrected chi connectivity index (χ0v) is 19.1. The summed E-state index contributed by atoms with van der Waals surface area (Å²) in [5.41, 5.74) is 3.94. The highest BCUT2D eigenvalue weighted by Gasteiger charge is 2.50. The van der Waals surface area contributed by atoms with E-state index in [0.29, 0.717) is 35.6 Å². The molecule has 31 heavy (non-hydrogen) atoms. The Labute approximate surface area is 182 Å². The average molecular weight is 422 g/mol. The van der Waals surface area contributed by atoms with Crippen molar-refractivity contribution in [3.8, 4) is 0 Å². The first-order valence-electron chi connectivity index (χ1n) is 11.3. The summed E-state index contributed by atoms with van der Waals surface area (Å²) in [6.45, 7) is 11.7. The lowest BCUT2D eigenvalue weighted by Crippen LogP contribution is -2.38. The number of rotatable bonds is 3. The number of aryl methyl sites for hydroxylation is 2. The fourth-order valence-corrected chi connectivity index (χ4v) is 6.45. The highest BCUT2D eigenvalue weighted by molar-refractivity contribution is 5.96. The second-order valence-corrected chi connectivity index (χ2v) is 11.0. The molecule has 2 unspecified atom stereocenters. The van der Waals surface area contributed by atoms with Gasteiger partial charge in [0.25, 0.3) is 0 Å². The molecule has 2 aliphatic rings. The number of furan rings is 1. The monoisotopic (exact) mass is 421 g/mol. The van der Waals surface area contributed by atoms with Gasteiger partial charge in [0, 0.05) is 41.4 Å². The average Bonchev–Trinajstić information content (AvgIpc) is 3.15. The molecule has 164 valence electrons. The third-order valence-corrected chi connectivity index (χ3v) is 7.50. The molecule has 1 amide bonds. The van der Waals surface area contributed by atoms with Gasteiger partial charge in [0.15, 0.2) is 0 Å². The van der Waals surface area contributed by atoms with Gasteiger partial charge in [0.1, 0.15) is 11.2 Å². The Morgan fingerprint density at radius 1 is 1.13 bits per heavy atom. The van der Waals surface area contributed by atoms with Crippen LogP contribution < -0.4 is 5.63 Å². The first-order valence-corrected chi connectivity index (χ1v) is 11.3. The van der Waals surface area contributed by atoms with Crippen molar-refractivity contribution >= 4 is 27.8 Å². The zero-order valence-electron chi connectivity index (χ0n) is 19.1. The SMILES string of the molecule is Cc1coc2cc3oc(=O)c(CCC(=O)N4CC5(C)CC4CC(C)(C)C5)c(C)c3cc12. The largest absolute Gasteiger partial charge is 0.464 e. The number of carbonyl (C=O) groups is 1. The summed E-state index contributed by atoms with van der Waals surface area (Å²) in [6, 6.07) is 4.14. The lowest BCUT2D eigenvalue weighted by molar-refractivity contribution is -0.132. The maximum atomic E-state index is 13.2. The van der Waals surface area contributed by atoms with Crippen LogP contribution in [-0.4, -0.2) is 23.4 Å². The predicted molar refractivity (Wildman–Crippen MR) is 121 cm³/mol. The van der Waals surface area contributed by atoms with Crippen LogP contribution in [0.3, 0.4) is 0 Å². The van der Waals surface area contributed by atoms with Crippen molar-refractivity contribution in [3.63, 3.8) is 0 Å². The molecule has 2 aromatic heterocycles. The van der Waals surface area contributed by atoms with Crippen LogP contribution in [0.2, 0.25) is 0 Å². The summed E-state index contributed by atoms with van der Waals surface area (Å²) in [7, 11) is 0. The first kappa shape index (κ1) is 20.3. The van der Waals surface area contributed by atoms with Crippen LogP contribution in [0.1, 0.15) is 63.1 Å². The van der Waals surface area contributed by atoms with E-state index in [1.165, 1.54) is 0 Å². The van der Waals surface area contributed by atoms with Gasteiger partial charge in [-0.05, 0) is 67.6 Å². The minimum Gasteiger partial charge on any atom is -0.464 e. The summed E-state index contributed by atoms with van der Waals surface area (Å²) in [4.78, 5) is 28.0. The third kappa shape index (κ3) is 3.38. The summed E-state index contributed by atoms with van der Waals surface area (Å²) in [5.74, 6) is 0.159. The fraction of sp³-hybridized carbons (Fsp3) is 0.538. The standard InChI is InChI=1S/C26H31NO4/c1-15-12-30-21-9-22-20(8-19(15)21)16(2)18(24(29)31-22)6-7-23(28)27-14-26(5)11-17(27)10-25(3,4)13-26/h8-9,12,17H,6-7,10-11,13-14H2,1-5H3. The number of hydrogen-bond donors (Lipinski definition) is 0. The lowest BCUT2D eigenvalue weighted by Gasteiger charge is -2.39. The fourth-order valence-electron chi connectivity index (χ4n) is 6.45. The number of benzene rings is 1. The maximum Gasteiger partial charge on any atom is 0.339 e. The summed E-state index contributed by atoms with van der Waals surface area (Å²) in [6.07, 6.45) is 5.79. The van der Waals surface area contributed by atoms with Crippen LogP contribution in [-0.2, 0) is 11.2 Å². The van der Waals surface area contributed by atoms with Gasteiger partial charge >= 0.3 is 5.63 Å². The van der Waals surface area contributed by atoms with Gasteiger partial charge < -0.3 is 13.7 Å². The third-order valence-electron chi connectivity index (χ3n) is 7.50. The second-order valence-electron chi connectivity index (χ2n) is 11.0. The van der Waals surface area contributed by atoms with Crippen molar-refractivity contribution in [2.45, 2.75) is 72.8 Å². The highest BCUT2D eigenvalue weighted by Crippen LogP contribution is 2.52. The summed E-state index contributed by atoms with van der Waals surface area (Å²) in [5, 5.41) is 1.93. The molecule has 0 radical (unpaired) electrons. The Morgan fingerprint density at radius 2 is 1.90 bits per heavy atom. The van der Waals surface area contributed by atoms with E-state index >= 15 is 0 Å². The molecule has 5 nitrogen and oxygen atoms in total. The molecule has 1 aliphatic carbocycles. The van der Waals surface area contributed by atoms with Crippen LogP contribution in [0.15, 0.2) is 32.0 Å². The number of carbonyl (C=O) groups excluding carboxylic acids is 1. The van der Waals surface area contributed by atoms with E-state index in [0.717, 1.165) is 47.7 Å². The highest BCUT2D eigenvalue weighted by atomic mass is 16.4. The molecule has 2 bridgehead atoms. The van der Waals surface area contributed by atoms with Gasteiger partial charge in [-0.3, -0.25) is 4.79 Å². The molecule has 2 fully saturated rings. The Morgan fingerprint density at radius 3 is 2.68 bits per heavy atom.